The molecular weight excluding hydrogens is 323 g/mol. The third kappa shape index (κ3) is 3.44. The first kappa shape index (κ1) is 17.6. The minimum Gasteiger partial charge on any atom is -0.372 e. The highest BCUT2D eigenvalue weighted by Crippen LogP contribution is 2.27. The fourth-order valence-corrected chi connectivity index (χ4v) is 3.78. The average molecular weight is 342 g/mol. The first-order chi connectivity index (χ1) is 10.7. The van der Waals surface area contributed by atoms with Gasteiger partial charge in [-0.1, -0.05) is 23.4 Å². The molecule has 1 N–H and O–H groups in total. The highest BCUT2D eigenvalue weighted by atomic mass is 32.2. The molecule has 2 rings (SSSR count). The van der Waals surface area contributed by atoms with Crippen molar-refractivity contribution in [3.8, 4) is 0 Å². The number of nitrogens with zero attached hydrogens (tertiary/aromatic N) is 1. The maximum absolute atomic E-state index is 14.0. The Morgan fingerprint density at radius 3 is 2.52 bits per heavy atom. The van der Waals surface area contributed by atoms with Crippen LogP contribution in [-0.4, -0.2) is 27.2 Å². The van der Waals surface area contributed by atoms with Gasteiger partial charge in [-0.25, -0.2) is 17.5 Å². The van der Waals surface area contributed by atoms with E-state index < -0.39 is 21.4 Å². The Bertz CT molecular complexity index is 784. The molecule has 0 bridgehead atoms. The molecular formula is C15H19FN2O4S. The zero-order valence-corrected chi connectivity index (χ0v) is 14.2. The predicted octanol–water partition coefficient (Wildman–Crippen LogP) is 2.27. The van der Waals surface area contributed by atoms with Crippen molar-refractivity contribution >= 4 is 10.0 Å². The minimum absolute atomic E-state index is 0.00973. The summed E-state index contributed by atoms with van der Waals surface area (Å²) >= 11 is 0. The van der Waals surface area contributed by atoms with E-state index in [0.29, 0.717) is 0 Å². The predicted molar refractivity (Wildman–Crippen MR) is 81.9 cm³/mol. The van der Waals surface area contributed by atoms with Crippen molar-refractivity contribution in [1.82, 2.24) is 9.88 Å². The summed E-state index contributed by atoms with van der Waals surface area (Å²) in [6.45, 7) is 4.52. The zero-order valence-electron chi connectivity index (χ0n) is 13.4. The Hall–Kier alpha value is -1.77. The van der Waals surface area contributed by atoms with E-state index in [4.69, 9.17) is 9.26 Å². The van der Waals surface area contributed by atoms with E-state index in [1.807, 2.05) is 0 Å². The smallest absolute Gasteiger partial charge is 0.246 e. The van der Waals surface area contributed by atoms with Crippen LogP contribution in [0.1, 0.15) is 23.9 Å². The summed E-state index contributed by atoms with van der Waals surface area (Å²) < 4.78 is 51.6. The van der Waals surface area contributed by atoms with Crippen LogP contribution in [0, 0.1) is 19.7 Å². The van der Waals surface area contributed by atoms with Gasteiger partial charge < -0.3 is 9.26 Å². The Morgan fingerprint density at radius 2 is 2.00 bits per heavy atom. The quantitative estimate of drug-likeness (QED) is 0.871. The molecule has 1 aromatic heterocycles. The molecule has 0 amide bonds. The average Bonchev–Trinajstić information content (AvgIpc) is 2.85. The second kappa shape index (κ2) is 6.38. The van der Waals surface area contributed by atoms with Crippen molar-refractivity contribution in [3.05, 3.63) is 47.1 Å². The molecule has 1 atom stereocenters. The Morgan fingerprint density at radius 1 is 1.35 bits per heavy atom. The van der Waals surface area contributed by atoms with Crippen LogP contribution in [0.4, 0.5) is 4.39 Å². The highest BCUT2D eigenvalue weighted by Gasteiger charge is 2.33. The molecule has 0 spiro atoms. The minimum atomic E-state index is -3.85. The maximum atomic E-state index is 14.0. The maximum Gasteiger partial charge on any atom is 0.246 e. The summed E-state index contributed by atoms with van der Waals surface area (Å²) in [5, 5.41) is 3.63. The van der Waals surface area contributed by atoms with E-state index in [1.54, 1.807) is 25.1 Å². The van der Waals surface area contributed by atoms with Gasteiger partial charge in [0.15, 0.2) is 5.76 Å². The first-order valence-electron chi connectivity index (χ1n) is 6.94. The fraction of sp³-hybridized carbons (Fsp3) is 0.400. The van der Waals surface area contributed by atoms with Gasteiger partial charge in [0, 0.05) is 19.2 Å². The second-order valence-electron chi connectivity index (χ2n) is 5.39. The van der Waals surface area contributed by atoms with Crippen molar-refractivity contribution < 1.29 is 22.1 Å². The zero-order chi connectivity index (χ0) is 17.3. The molecule has 6 nitrogen and oxygen atoms in total. The molecule has 2 aromatic rings. The van der Waals surface area contributed by atoms with Crippen LogP contribution in [0.2, 0.25) is 0 Å². The van der Waals surface area contributed by atoms with Gasteiger partial charge in [0.2, 0.25) is 10.0 Å². The molecule has 0 unspecified atom stereocenters. The molecule has 0 aliphatic carbocycles. The molecule has 0 aliphatic heterocycles. The number of aromatic nitrogens is 1. The number of halogens is 1. The summed E-state index contributed by atoms with van der Waals surface area (Å²) in [6, 6.07) is 6.08. The summed E-state index contributed by atoms with van der Waals surface area (Å²) in [7, 11) is -2.45. The van der Waals surface area contributed by atoms with E-state index >= 15 is 0 Å². The molecule has 0 radical (unpaired) electrons. The van der Waals surface area contributed by atoms with E-state index in [2.05, 4.69) is 9.88 Å². The van der Waals surface area contributed by atoms with Gasteiger partial charge in [0.05, 0.1) is 0 Å². The molecule has 0 saturated heterocycles. The Labute approximate surface area is 134 Å². The van der Waals surface area contributed by atoms with Crippen molar-refractivity contribution in [2.75, 3.05) is 13.7 Å². The number of ether oxygens (including phenoxy) is 1. The van der Waals surface area contributed by atoms with E-state index in [-0.39, 0.29) is 28.5 Å². The summed E-state index contributed by atoms with van der Waals surface area (Å²) in [5.41, 5.74) is -0.624. The molecule has 23 heavy (non-hydrogen) atoms. The lowest BCUT2D eigenvalue weighted by molar-refractivity contribution is 0.00409. The van der Waals surface area contributed by atoms with Crippen molar-refractivity contribution in [2.45, 2.75) is 31.3 Å². The normalized spacial score (nSPS) is 14.7. The van der Waals surface area contributed by atoms with Gasteiger partial charge in [0.1, 0.15) is 22.0 Å². The molecule has 126 valence electrons. The monoisotopic (exact) mass is 342 g/mol. The SMILES string of the molecule is CO[C@](C)(CNS(=O)(=O)c1c(C)noc1C)c1ccccc1F. The summed E-state index contributed by atoms with van der Waals surface area (Å²) in [6.07, 6.45) is 0. The van der Waals surface area contributed by atoms with Gasteiger partial charge in [0.25, 0.3) is 0 Å². The van der Waals surface area contributed by atoms with Crippen LogP contribution in [0.25, 0.3) is 0 Å². The lowest BCUT2D eigenvalue weighted by Gasteiger charge is -2.29. The number of aryl methyl sites for hydroxylation is 2. The van der Waals surface area contributed by atoms with E-state index in [1.165, 1.54) is 27.0 Å². The summed E-state index contributed by atoms with van der Waals surface area (Å²) in [5.74, 6) is -0.270. The van der Waals surface area contributed by atoms with Crippen LogP contribution in [0.5, 0.6) is 0 Å². The van der Waals surface area contributed by atoms with Gasteiger partial charge in [-0.15, -0.1) is 0 Å². The Kier molecular flexibility index (Phi) is 4.88. The van der Waals surface area contributed by atoms with E-state index in [0.717, 1.165) is 0 Å². The Balaban J connectivity index is 2.29. The number of hydrogen-bond donors (Lipinski definition) is 1. The lowest BCUT2D eigenvalue weighted by Crippen LogP contribution is -2.40. The second-order valence-corrected chi connectivity index (χ2v) is 7.10. The fourth-order valence-electron chi connectivity index (χ4n) is 2.33. The van der Waals surface area contributed by atoms with Crippen LogP contribution >= 0.6 is 0 Å². The standard InChI is InChI=1S/C15H19FN2O4S/c1-10-14(11(2)22-18-10)23(19,20)17-9-15(3,21-4)12-7-5-6-8-13(12)16/h5-8,17H,9H2,1-4H3/t15-/m1/s1. The summed E-state index contributed by atoms with van der Waals surface area (Å²) in [4.78, 5) is -0.00973. The molecule has 1 heterocycles. The third-order valence-electron chi connectivity index (χ3n) is 3.73. The van der Waals surface area contributed by atoms with Crippen molar-refractivity contribution in [1.29, 1.82) is 0 Å². The van der Waals surface area contributed by atoms with Gasteiger partial charge in [-0.05, 0) is 26.8 Å². The number of benzene rings is 1. The van der Waals surface area contributed by atoms with Crippen LogP contribution in [-0.2, 0) is 20.4 Å². The number of methoxy groups -OCH3 is 1. The highest BCUT2D eigenvalue weighted by molar-refractivity contribution is 7.89. The third-order valence-corrected chi connectivity index (χ3v) is 5.37. The van der Waals surface area contributed by atoms with Gasteiger partial charge >= 0.3 is 0 Å². The lowest BCUT2D eigenvalue weighted by atomic mass is 9.95. The van der Waals surface area contributed by atoms with Crippen LogP contribution in [0.3, 0.4) is 0 Å². The molecule has 0 saturated carbocycles. The molecule has 8 heteroatoms. The van der Waals surface area contributed by atoms with Crippen molar-refractivity contribution in [2.24, 2.45) is 0 Å². The number of rotatable bonds is 6. The van der Waals surface area contributed by atoms with Crippen molar-refractivity contribution in [3.63, 3.8) is 0 Å². The van der Waals surface area contributed by atoms with E-state index in [9.17, 15) is 12.8 Å². The van der Waals surface area contributed by atoms with Crippen LogP contribution in [0.15, 0.2) is 33.7 Å². The first-order valence-corrected chi connectivity index (χ1v) is 8.42. The number of nitrogens with one attached hydrogen (secondary N) is 1. The topological polar surface area (TPSA) is 81.4 Å². The number of hydrogen-bond acceptors (Lipinski definition) is 5. The largest absolute Gasteiger partial charge is 0.372 e. The molecule has 1 aromatic carbocycles. The van der Waals surface area contributed by atoms with Gasteiger partial charge in [-0.2, -0.15) is 0 Å². The van der Waals surface area contributed by atoms with Gasteiger partial charge in [-0.3, -0.25) is 0 Å². The molecule has 0 fully saturated rings. The number of sulfonamides is 1. The molecule has 0 aliphatic rings. The van der Waals surface area contributed by atoms with Crippen LogP contribution < -0.4 is 4.72 Å².